The van der Waals surface area contributed by atoms with Gasteiger partial charge in [0, 0.05) is 25.7 Å². The lowest BCUT2D eigenvalue weighted by Gasteiger charge is -2.35. The highest BCUT2D eigenvalue weighted by Gasteiger charge is 2.25. The second kappa shape index (κ2) is 9.78. The number of carbonyl (C=O) groups excluding carboxylic acids is 1. The third-order valence-corrected chi connectivity index (χ3v) is 6.13. The Bertz CT molecular complexity index is 974. The Morgan fingerprint density at radius 1 is 1.13 bits per heavy atom. The summed E-state index contributed by atoms with van der Waals surface area (Å²) < 4.78 is 10.8. The molecule has 2 heterocycles. The van der Waals surface area contributed by atoms with E-state index in [-0.39, 0.29) is 18.6 Å². The molecule has 1 N–H and O–H groups in total. The number of amides is 1. The zero-order chi connectivity index (χ0) is 20.8. The Morgan fingerprint density at radius 2 is 1.97 bits per heavy atom. The topological polar surface area (TPSA) is 50.8 Å². The Labute approximate surface area is 181 Å². The summed E-state index contributed by atoms with van der Waals surface area (Å²) in [6.07, 6.45) is 1.03. The van der Waals surface area contributed by atoms with Gasteiger partial charge in [-0.2, -0.15) is 11.3 Å². The van der Waals surface area contributed by atoms with Gasteiger partial charge in [0.2, 0.25) is 0 Å². The van der Waals surface area contributed by atoms with Crippen LogP contribution in [0, 0.1) is 0 Å². The third-order valence-electron chi connectivity index (χ3n) is 5.43. The fourth-order valence-corrected chi connectivity index (χ4v) is 4.51. The van der Waals surface area contributed by atoms with Crippen molar-refractivity contribution in [2.24, 2.45) is 0 Å². The SMILES string of the molecule is COc1cccc(OCC(=O)NCC(c2ccsc2)N2CCc3ccccc3C2)c1. The fourth-order valence-electron chi connectivity index (χ4n) is 3.81. The molecule has 1 aliphatic rings. The standard InChI is InChI=1S/C24H26N2O3S/c1-28-21-7-4-8-22(13-21)29-16-24(27)25-14-23(20-10-12-30-17-20)26-11-9-18-5-2-3-6-19(18)15-26/h2-8,10,12-13,17,23H,9,11,14-16H2,1H3,(H,25,27). The number of hydrogen-bond donors (Lipinski definition) is 1. The molecule has 4 rings (SSSR count). The number of ether oxygens (including phenoxy) is 2. The minimum absolute atomic E-state index is 0.0215. The summed E-state index contributed by atoms with van der Waals surface area (Å²) >= 11 is 1.69. The Morgan fingerprint density at radius 3 is 2.77 bits per heavy atom. The van der Waals surface area contributed by atoms with E-state index in [4.69, 9.17) is 9.47 Å². The van der Waals surface area contributed by atoms with Gasteiger partial charge in [0.15, 0.2) is 6.61 Å². The van der Waals surface area contributed by atoms with Crippen LogP contribution < -0.4 is 14.8 Å². The molecule has 0 bridgehead atoms. The maximum Gasteiger partial charge on any atom is 0.258 e. The summed E-state index contributed by atoms with van der Waals surface area (Å²) in [5.74, 6) is 1.19. The average Bonchev–Trinajstić information content (AvgIpc) is 3.32. The highest BCUT2D eigenvalue weighted by molar-refractivity contribution is 7.07. The van der Waals surface area contributed by atoms with Crippen LogP contribution in [0.5, 0.6) is 11.5 Å². The van der Waals surface area contributed by atoms with Crippen LogP contribution in [0.2, 0.25) is 0 Å². The molecule has 0 aliphatic carbocycles. The van der Waals surface area contributed by atoms with Crippen molar-refractivity contribution in [1.29, 1.82) is 0 Å². The maximum absolute atomic E-state index is 12.4. The number of benzene rings is 2. The molecule has 0 saturated carbocycles. The summed E-state index contributed by atoms with van der Waals surface area (Å²) in [4.78, 5) is 14.9. The first kappa shape index (κ1) is 20.4. The molecular formula is C24H26N2O3S. The molecule has 1 atom stereocenters. The van der Waals surface area contributed by atoms with Gasteiger partial charge >= 0.3 is 0 Å². The summed E-state index contributed by atoms with van der Waals surface area (Å²) in [7, 11) is 1.61. The van der Waals surface area contributed by atoms with E-state index in [1.165, 1.54) is 16.7 Å². The smallest absolute Gasteiger partial charge is 0.258 e. The molecule has 6 heteroatoms. The maximum atomic E-state index is 12.4. The summed E-state index contributed by atoms with van der Waals surface area (Å²) in [6, 6.07) is 18.2. The van der Waals surface area contributed by atoms with Crippen molar-refractivity contribution in [3.8, 4) is 11.5 Å². The first-order chi connectivity index (χ1) is 14.7. The summed E-state index contributed by atoms with van der Waals surface area (Å²) in [6.45, 7) is 2.41. The summed E-state index contributed by atoms with van der Waals surface area (Å²) in [5, 5.41) is 7.32. The average molecular weight is 423 g/mol. The zero-order valence-corrected chi connectivity index (χ0v) is 17.9. The lowest BCUT2D eigenvalue weighted by molar-refractivity contribution is -0.123. The second-order valence-corrected chi connectivity index (χ2v) is 8.11. The number of nitrogens with zero attached hydrogens (tertiary/aromatic N) is 1. The molecule has 1 amide bonds. The predicted octanol–water partition coefficient (Wildman–Crippen LogP) is 4.05. The van der Waals surface area contributed by atoms with Gasteiger partial charge in [-0.05, 0) is 52.1 Å². The molecule has 0 radical (unpaired) electrons. The van der Waals surface area contributed by atoms with Crippen molar-refractivity contribution in [3.05, 3.63) is 82.0 Å². The lowest BCUT2D eigenvalue weighted by Crippen LogP contribution is -2.41. The van der Waals surface area contributed by atoms with E-state index in [9.17, 15) is 4.79 Å². The first-order valence-corrected chi connectivity index (χ1v) is 11.0. The molecule has 0 saturated heterocycles. The predicted molar refractivity (Wildman–Crippen MR) is 119 cm³/mol. The van der Waals surface area contributed by atoms with E-state index in [1.807, 2.05) is 18.2 Å². The van der Waals surface area contributed by atoms with Crippen LogP contribution in [0.1, 0.15) is 22.7 Å². The first-order valence-electron chi connectivity index (χ1n) is 10.1. The van der Waals surface area contributed by atoms with Crippen LogP contribution in [-0.2, 0) is 17.8 Å². The molecule has 3 aromatic rings. The largest absolute Gasteiger partial charge is 0.497 e. The molecule has 0 spiro atoms. The normalized spacial score (nSPS) is 14.6. The van der Waals surface area contributed by atoms with E-state index in [0.717, 1.165) is 19.5 Å². The van der Waals surface area contributed by atoms with Gasteiger partial charge in [0.1, 0.15) is 11.5 Å². The highest BCUT2D eigenvalue weighted by Crippen LogP contribution is 2.28. The number of carbonyl (C=O) groups is 1. The van der Waals surface area contributed by atoms with Crippen LogP contribution in [0.3, 0.4) is 0 Å². The fraction of sp³-hybridized carbons (Fsp3) is 0.292. The van der Waals surface area contributed by atoms with Gasteiger partial charge < -0.3 is 14.8 Å². The van der Waals surface area contributed by atoms with Crippen LogP contribution in [0.25, 0.3) is 0 Å². The molecule has 1 aromatic heterocycles. The molecule has 0 fully saturated rings. The molecule has 2 aromatic carbocycles. The van der Waals surface area contributed by atoms with Crippen LogP contribution >= 0.6 is 11.3 Å². The molecule has 1 unspecified atom stereocenters. The van der Waals surface area contributed by atoms with E-state index in [0.29, 0.717) is 18.0 Å². The minimum atomic E-state index is -0.129. The van der Waals surface area contributed by atoms with Gasteiger partial charge in [0.05, 0.1) is 13.2 Å². The van der Waals surface area contributed by atoms with Crippen molar-refractivity contribution in [3.63, 3.8) is 0 Å². The van der Waals surface area contributed by atoms with Crippen LogP contribution in [0.15, 0.2) is 65.4 Å². The lowest BCUT2D eigenvalue weighted by atomic mass is 9.97. The number of nitrogens with one attached hydrogen (secondary N) is 1. The van der Waals surface area contributed by atoms with E-state index in [1.54, 1.807) is 24.5 Å². The number of rotatable bonds is 8. The number of hydrogen-bond acceptors (Lipinski definition) is 5. The van der Waals surface area contributed by atoms with Crippen LogP contribution in [-0.4, -0.2) is 37.6 Å². The van der Waals surface area contributed by atoms with Crippen molar-refractivity contribution in [2.75, 3.05) is 26.8 Å². The van der Waals surface area contributed by atoms with Crippen molar-refractivity contribution < 1.29 is 14.3 Å². The molecular weight excluding hydrogens is 396 g/mol. The van der Waals surface area contributed by atoms with E-state index < -0.39 is 0 Å². The minimum Gasteiger partial charge on any atom is -0.497 e. The zero-order valence-electron chi connectivity index (χ0n) is 17.0. The number of methoxy groups -OCH3 is 1. The Hall–Kier alpha value is -2.83. The molecule has 1 aliphatic heterocycles. The van der Waals surface area contributed by atoms with Gasteiger partial charge in [-0.1, -0.05) is 30.3 Å². The summed E-state index contributed by atoms with van der Waals surface area (Å²) in [5.41, 5.74) is 4.04. The Balaban J connectivity index is 1.36. The van der Waals surface area contributed by atoms with Crippen molar-refractivity contribution in [2.45, 2.75) is 19.0 Å². The number of thiophene rings is 1. The quantitative estimate of drug-likeness (QED) is 0.595. The molecule has 30 heavy (non-hydrogen) atoms. The van der Waals surface area contributed by atoms with Gasteiger partial charge in [0.25, 0.3) is 5.91 Å². The molecule has 156 valence electrons. The van der Waals surface area contributed by atoms with Crippen LogP contribution in [0.4, 0.5) is 0 Å². The number of fused-ring (bicyclic) bond motifs is 1. The van der Waals surface area contributed by atoms with Gasteiger partial charge in [-0.15, -0.1) is 0 Å². The third kappa shape index (κ3) is 5.01. The molecule has 5 nitrogen and oxygen atoms in total. The van der Waals surface area contributed by atoms with Gasteiger partial charge in [-0.3, -0.25) is 9.69 Å². The van der Waals surface area contributed by atoms with E-state index in [2.05, 4.69) is 51.3 Å². The Kier molecular flexibility index (Phi) is 6.67. The monoisotopic (exact) mass is 422 g/mol. The van der Waals surface area contributed by atoms with E-state index >= 15 is 0 Å². The van der Waals surface area contributed by atoms with Crippen molar-refractivity contribution in [1.82, 2.24) is 10.2 Å². The second-order valence-electron chi connectivity index (χ2n) is 7.33. The highest BCUT2D eigenvalue weighted by atomic mass is 32.1. The van der Waals surface area contributed by atoms with Gasteiger partial charge in [-0.25, -0.2) is 0 Å². The van der Waals surface area contributed by atoms with Crippen molar-refractivity contribution >= 4 is 17.2 Å².